The zero-order chi connectivity index (χ0) is 30.4. The van der Waals surface area contributed by atoms with Gasteiger partial charge in [0.2, 0.25) is 0 Å². The first-order valence-corrected chi connectivity index (χ1v) is 15.9. The van der Waals surface area contributed by atoms with E-state index >= 15 is 0 Å². The summed E-state index contributed by atoms with van der Waals surface area (Å²) in [6.07, 6.45) is 17.0. The lowest BCUT2D eigenvalue weighted by Gasteiger charge is -2.39. The number of ketones is 1. The van der Waals surface area contributed by atoms with Crippen molar-refractivity contribution in [1.82, 2.24) is 0 Å². The Bertz CT molecular complexity index is 734. The van der Waals surface area contributed by atoms with Crippen molar-refractivity contribution in [1.29, 1.82) is 0 Å². The van der Waals surface area contributed by atoms with Crippen LogP contribution in [0.4, 0.5) is 0 Å². The highest BCUT2D eigenvalue weighted by Gasteiger charge is 2.65. The van der Waals surface area contributed by atoms with Gasteiger partial charge in [-0.2, -0.15) is 0 Å². The van der Waals surface area contributed by atoms with Crippen molar-refractivity contribution in [3.63, 3.8) is 0 Å². The second-order valence-corrected chi connectivity index (χ2v) is 12.1. The van der Waals surface area contributed by atoms with E-state index in [9.17, 15) is 39.6 Å². The normalized spacial score (nSPS) is 14.5. The van der Waals surface area contributed by atoms with Crippen molar-refractivity contribution in [2.24, 2.45) is 11.3 Å². The van der Waals surface area contributed by atoms with E-state index < -0.39 is 47.5 Å². The first-order chi connectivity index (χ1) is 19.0. The lowest BCUT2D eigenvalue weighted by Crippen LogP contribution is -2.63. The molecule has 2 atom stereocenters. The van der Waals surface area contributed by atoms with Gasteiger partial charge in [0.05, 0.1) is 6.42 Å². The lowest BCUT2D eigenvalue weighted by molar-refractivity contribution is -0.196. The second-order valence-electron chi connectivity index (χ2n) is 12.1. The molecule has 234 valence electrons. The van der Waals surface area contributed by atoms with Crippen LogP contribution in [0.2, 0.25) is 0 Å². The maximum absolute atomic E-state index is 13.3. The third kappa shape index (κ3) is 14.1. The Morgan fingerprint density at radius 3 is 1.43 bits per heavy atom. The molecule has 2 unspecified atom stereocenters. The summed E-state index contributed by atoms with van der Waals surface area (Å²) in [6, 6.07) is 0. The van der Waals surface area contributed by atoms with Gasteiger partial charge in [0.25, 0.3) is 0 Å². The number of aliphatic hydroxyl groups is 1. The summed E-state index contributed by atoms with van der Waals surface area (Å²) in [5.74, 6) is -5.54. The summed E-state index contributed by atoms with van der Waals surface area (Å²) in [5, 5.41) is 40.2. The number of aliphatic carboxylic acids is 3. The number of hydrogen-bond acceptors (Lipinski definition) is 5. The highest BCUT2D eigenvalue weighted by Crippen LogP contribution is 2.43. The van der Waals surface area contributed by atoms with Gasteiger partial charge >= 0.3 is 17.9 Å². The number of carboxylic acids is 3. The molecule has 0 amide bonds. The van der Waals surface area contributed by atoms with Crippen LogP contribution in [0.1, 0.15) is 162 Å². The van der Waals surface area contributed by atoms with Gasteiger partial charge in [0.15, 0.2) is 16.8 Å². The first-order valence-electron chi connectivity index (χ1n) is 15.9. The summed E-state index contributed by atoms with van der Waals surface area (Å²) in [6.45, 7) is 6.57. The van der Waals surface area contributed by atoms with Crippen LogP contribution in [-0.4, -0.2) is 49.7 Å². The molecule has 8 heteroatoms. The average Bonchev–Trinajstić information content (AvgIpc) is 2.87. The second kappa shape index (κ2) is 21.7. The Balaban J connectivity index is 4.79. The summed E-state index contributed by atoms with van der Waals surface area (Å²) in [5.41, 5.74) is -5.92. The molecule has 4 N–H and O–H groups in total. The number of rotatable bonds is 28. The summed E-state index contributed by atoms with van der Waals surface area (Å²) in [4.78, 5) is 49.3. The van der Waals surface area contributed by atoms with Crippen molar-refractivity contribution in [3.8, 4) is 0 Å². The summed E-state index contributed by atoms with van der Waals surface area (Å²) in [7, 11) is 0. The minimum absolute atomic E-state index is 0.205. The number of Topliss-reactive ketones (excluding diaryl/α,β-unsaturated/α-hetero) is 1. The van der Waals surface area contributed by atoms with E-state index in [0.29, 0.717) is 19.3 Å². The van der Waals surface area contributed by atoms with Gasteiger partial charge < -0.3 is 20.4 Å². The van der Waals surface area contributed by atoms with Crippen LogP contribution in [-0.2, 0) is 19.2 Å². The Labute approximate surface area is 242 Å². The van der Waals surface area contributed by atoms with E-state index in [4.69, 9.17) is 0 Å². The van der Waals surface area contributed by atoms with Crippen molar-refractivity contribution >= 4 is 23.7 Å². The van der Waals surface area contributed by atoms with Crippen LogP contribution in [0.25, 0.3) is 0 Å². The van der Waals surface area contributed by atoms with Gasteiger partial charge in [0.1, 0.15) is 0 Å². The van der Waals surface area contributed by atoms with Crippen LogP contribution in [0.15, 0.2) is 0 Å². The van der Waals surface area contributed by atoms with E-state index in [-0.39, 0.29) is 12.8 Å². The zero-order valence-electron chi connectivity index (χ0n) is 25.6. The maximum Gasteiger partial charge on any atom is 0.338 e. The number of hydrogen-bond donors (Lipinski definition) is 4. The minimum atomic E-state index is -3.22. The molecule has 0 aromatic carbocycles. The summed E-state index contributed by atoms with van der Waals surface area (Å²) < 4.78 is 0. The van der Waals surface area contributed by atoms with Gasteiger partial charge in [-0.1, -0.05) is 136 Å². The Morgan fingerprint density at radius 2 is 1.02 bits per heavy atom. The van der Waals surface area contributed by atoms with E-state index in [2.05, 4.69) is 13.8 Å². The highest BCUT2D eigenvalue weighted by molar-refractivity contribution is 6.09. The van der Waals surface area contributed by atoms with Gasteiger partial charge in [-0.05, 0) is 18.8 Å². The third-order valence-corrected chi connectivity index (χ3v) is 8.15. The van der Waals surface area contributed by atoms with Gasteiger partial charge in [-0.25, -0.2) is 4.79 Å². The molecule has 0 saturated heterocycles. The predicted octanol–water partition coefficient (Wildman–Crippen LogP) is 7.78. The molecule has 0 spiro atoms. The largest absolute Gasteiger partial charge is 0.481 e. The fraction of sp³-hybridized carbons (Fsp3) is 0.875. The van der Waals surface area contributed by atoms with Crippen molar-refractivity contribution in [3.05, 3.63) is 0 Å². The molecular formula is C32H58O8. The van der Waals surface area contributed by atoms with Crippen molar-refractivity contribution in [2.75, 3.05) is 0 Å². The van der Waals surface area contributed by atoms with Crippen LogP contribution in [0.5, 0.6) is 0 Å². The van der Waals surface area contributed by atoms with Gasteiger partial charge in [-0.15, -0.1) is 0 Å². The molecule has 40 heavy (non-hydrogen) atoms. The Hall–Kier alpha value is -1.96. The smallest absolute Gasteiger partial charge is 0.338 e. The monoisotopic (exact) mass is 570 g/mol. The molecule has 0 heterocycles. The molecule has 0 radical (unpaired) electrons. The predicted molar refractivity (Wildman–Crippen MR) is 157 cm³/mol. The fourth-order valence-corrected chi connectivity index (χ4v) is 5.60. The zero-order valence-corrected chi connectivity index (χ0v) is 25.6. The van der Waals surface area contributed by atoms with Crippen molar-refractivity contribution in [2.45, 2.75) is 168 Å². The van der Waals surface area contributed by atoms with Gasteiger partial charge in [-0.3, -0.25) is 14.4 Å². The number of carbonyl (C=O) groups is 4. The minimum Gasteiger partial charge on any atom is -0.481 e. The molecule has 8 nitrogen and oxygen atoms in total. The first kappa shape index (κ1) is 38.0. The molecule has 0 aliphatic carbocycles. The molecule has 0 rings (SSSR count). The molecular weight excluding hydrogens is 512 g/mol. The van der Waals surface area contributed by atoms with E-state index in [1.165, 1.54) is 51.4 Å². The Morgan fingerprint density at radius 1 is 0.600 bits per heavy atom. The molecule has 0 aromatic rings. The van der Waals surface area contributed by atoms with Crippen molar-refractivity contribution < 1.29 is 39.6 Å². The van der Waals surface area contributed by atoms with E-state index in [1.807, 2.05) is 6.92 Å². The third-order valence-electron chi connectivity index (χ3n) is 8.15. The lowest BCUT2D eigenvalue weighted by atomic mass is 9.63. The molecule has 0 aromatic heterocycles. The topological polar surface area (TPSA) is 149 Å². The van der Waals surface area contributed by atoms with Crippen LogP contribution < -0.4 is 0 Å². The van der Waals surface area contributed by atoms with Gasteiger partial charge in [0, 0.05) is 6.42 Å². The number of unbranched alkanes of at least 4 members (excludes halogenated alkanes) is 16. The number of carbonyl (C=O) groups excluding carboxylic acids is 1. The number of carboxylic acid groups (broad SMARTS) is 3. The summed E-state index contributed by atoms with van der Waals surface area (Å²) >= 11 is 0. The SMILES string of the molecule is CCCCCCCC(=O)C(CCCCCCCCCCCCCCCC(C)C)(C(=O)O)C(O)(CC(=O)O)C(=O)O. The average molecular weight is 571 g/mol. The van der Waals surface area contributed by atoms with Crippen LogP contribution >= 0.6 is 0 Å². The maximum atomic E-state index is 13.3. The fourth-order valence-electron chi connectivity index (χ4n) is 5.60. The van der Waals surface area contributed by atoms with E-state index in [1.54, 1.807) is 0 Å². The standard InChI is InChI=1S/C32H58O8/c1-4-5-6-16-20-23-27(33)31(29(36)37,32(40,30(38)39)25-28(34)35)24-21-18-15-13-11-9-7-8-10-12-14-17-19-22-26(2)3/h26,40H,4-25H2,1-3H3,(H,34,35)(H,36,37)(H,38,39). The van der Waals surface area contributed by atoms with Crippen LogP contribution in [0.3, 0.4) is 0 Å². The molecule has 0 saturated carbocycles. The quantitative estimate of drug-likeness (QED) is 0.0550. The van der Waals surface area contributed by atoms with Crippen LogP contribution in [0, 0.1) is 11.3 Å². The molecule has 0 aliphatic heterocycles. The molecule has 0 bridgehead atoms. The molecule has 0 aliphatic rings. The Kier molecular flexibility index (Phi) is 20.7. The van der Waals surface area contributed by atoms with E-state index in [0.717, 1.165) is 50.9 Å². The highest BCUT2D eigenvalue weighted by atomic mass is 16.4. The molecule has 0 fully saturated rings.